The Kier molecular flexibility index (Phi) is 7.59. The first-order valence-electron chi connectivity index (χ1n) is 14.0. The van der Waals surface area contributed by atoms with E-state index in [1.165, 1.54) is 0 Å². The fourth-order valence-corrected chi connectivity index (χ4v) is 5.78. The van der Waals surface area contributed by atoms with Gasteiger partial charge in [0.15, 0.2) is 0 Å². The van der Waals surface area contributed by atoms with Gasteiger partial charge in [-0.25, -0.2) is 9.78 Å². The molecule has 0 spiro atoms. The lowest BCUT2D eigenvalue weighted by molar-refractivity contribution is -0.135. The second-order valence-electron chi connectivity index (χ2n) is 10.8. The number of carbonyl (C=O) groups is 4. The molecule has 45 heavy (non-hydrogen) atoms. The van der Waals surface area contributed by atoms with Crippen molar-refractivity contribution in [3.8, 4) is 11.1 Å². The molecule has 1 aliphatic heterocycles. The van der Waals surface area contributed by atoms with Gasteiger partial charge in [-0.05, 0) is 68.3 Å². The predicted octanol–water partition coefficient (Wildman–Crippen LogP) is 5.32. The van der Waals surface area contributed by atoms with E-state index in [0.717, 1.165) is 16.0 Å². The number of carbonyl (C=O) groups excluding carboxylic acids is 4. The van der Waals surface area contributed by atoms with Gasteiger partial charge >= 0.3 is 6.03 Å². The monoisotopic (exact) mass is 625 g/mol. The number of imidazole rings is 1. The van der Waals surface area contributed by atoms with Crippen molar-refractivity contribution >= 4 is 52.1 Å². The van der Waals surface area contributed by atoms with Crippen LogP contribution in [0.1, 0.15) is 64.2 Å². The number of nitrogens with zero attached hydrogens (tertiary/aromatic N) is 3. The summed E-state index contributed by atoms with van der Waals surface area (Å²) in [6.45, 7) is 5.33. The molecule has 0 saturated heterocycles. The van der Waals surface area contributed by atoms with Crippen molar-refractivity contribution in [2.24, 2.45) is 5.73 Å². The number of hydrogen-bond acceptors (Lipinski definition) is 7. The van der Waals surface area contributed by atoms with E-state index in [-0.39, 0.29) is 5.56 Å². The van der Waals surface area contributed by atoms with Crippen molar-refractivity contribution < 1.29 is 23.7 Å². The number of urea groups is 1. The molecule has 1 unspecified atom stereocenters. The first-order valence-corrected chi connectivity index (χ1v) is 14.4. The van der Waals surface area contributed by atoms with Crippen molar-refractivity contribution in [1.29, 1.82) is 0 Å². The second kappa shape index (κ2) is 11.5. The summed E-state index contributed by atoms with van der Waals surface area (Å²) in [5.74, 6) is -0.969. The number of H-pyrrole nitrogens is 1. The van der Waals surface area contributed by atoms with E-state index >= 15 is 0 Å². The number of nitrogens with two attached hydrogens (primary N) is 1. The number of anilines is 1. The molecule has 2 atom stereocenters. The van der Waals surface area contributed by atoms with Crippen LogP contribution in [0.5, 0.6) is 0 Å². The van der Waals surface area contributed by atoms with Gasteiger partial charge in [-0.2, -0.15) is 0 Å². The average Bonchev–Trinajstić information content (AvgIpc) is 3.59. The number of primary amides is 1. The van der Waals surface area contributed by atoms with E-state index < -0.39 is 42.3 Å². The number of halogens is 1. The van der Waals surface area contributed by atoms with E-state index in [1.807, 2.05) is 26.0 Å². The number of benzene rings is 3. The topological polar surface area (TPSA) is 176 Å². The summed E-state index contributed by atoms with van der Waals surface area (Å²) in [5, 5.41) is 10.1. The highest BCUT2D eigenvalue weighted by molar-refractivity contribution is 6.30. The Morgan fingerprint density at radius 1 is 1.11 bits per heavy atom. The van der Waals surface area contributed by atoms with Gasteiger partial charge in [0.2, 0.25) is 11.8 Å². The third-order valence-corrected chi connectivity index (χ3v) is 7.99. The van der Waals surface area contributed by atoms with E-state index in [1.54, 1.807) is 55.5 Å². The standard InChI is InChI=1S/C32H28ClN7O5/c1-15-27(17(3)45-39-15)19-9-12-23-22(13-19)29(18-7-10-20(33)11-8-18)40(32(44)37-23)26(42)14-25(41)35-16(2)31-36-24-6-4-5-21(30(34)43)28(24)38-31/h4-13,16,29H,14H2,1-3H3,(H2,34,43)(H,35,41)(H,36,38)(H,37,44)/t16-,29?/m0/s1. The van der Waals surface area contributed by atoms with Crippen LogP contribution in [0.2, 0.25) is 5.02 Å². The fourth-order valence-electron chi connectivity index (χ4n) is 5.65. The highest BCUT2D eigenvalue weighted by Gasteiger charge is 2.39. The summed E-state index contributed by atoms with van der Waals surface area (Å²) >= 11 is 6.16. The highest BCUT2D eigenvalue weighted by Crippen LogP contribution is 2.41. The molecule has 6 rings (SSSR count). The van der Waals surface area contributed by atoms with Gasteiger partial charge in [0.05, 0.1) is 28.9 Å². The Hall–Kier alpha value is -5.49. The van der Waals surface area contributed by atoms with Crippen LogP contribution in [-0.2, 0) is 9.59 Å². The minimum Gasteiger partial charge on any atom is -0.366 e. The highest BCUT2D eigenvalue weighted by atomic mass is 35.5. The minimum atomic E-state index is -0.855. The number of para-hydroxylation sites is 1. The molecule has 12 nitrogen and oxygen atoms in total. The molecule has 0 bridgehead atoms. The minimum absolute atomic E-state index is 0.242. The maximum atomic E-state index is 13.8. The number of rotatable bonds is 7. The first kappa shape index (κ1) is 29.6. The van der Waals surface area contributed by atoms with Crippen LogP contribution >= 0.6 is 11.6 Å². The maximum absolute atomic E-state index is 13.8. The molecular formula is C32H28ClN7O5. The van der Waals surface area contributed by atoms with E-state index in [4.69, 9.17) is 21.9 Å². The lowest BCUT2D eigenvalue weighted by Crippen LogP contribution is -2.47. The third-order valence-electron chi connectivity index (χ3n) is 7.74. The molecule has 0 radical (unpaired) electrons. The van der Waals surface area contributed by atoms with Gasteiger partial charge in [-0.1, -0.05) is 41.0 Å². The smallest absolute Gasteiger partial charge is 0.329 e. The van der Waals surface area contributed by atoms with Crippen LogP contribution < -0.4 is 16.4 Å². The van der Waals surface area contributed by atoms with Gasteiger partial charge in [-0.15, -0.1) is 0 Å². The molecule has 0 fully saturated rings. The number of aromatic amines is 1. The summed E-state index contributed by atoms with van der Waals surface area (Å²) in [6, 6.07) is 15.1. The van der Waals surface area contributed by atoms with Gasteiger partial charge in [0.25, 0.3) is 5.91 Å². The number of imide groups is 1. The van der Waals surface area contributed by atoms with Crippen molar-refractivity contribution in [3.63, 3.8) is 0 Å². The van der Waals surface area contributed by atoms with Crippen molar-refractivity contribution in [2.75, 3.05) is 5.32 Å². The molecular weight excluding hydrogens is 598 g/mol. The van der Waals surface area contributed by atoms with Gasteiger partial charge in [0.1, 0.15) is 23.5 Å². The van der Waals surface area contributed by atoms with Crippen LogP contribution in [0.4, 0.5) is 10.5 Å². The molecule has 2 aromatic heterocycles. The number of aromatic nitrogens is 3. The zero-order valence-electron chi connectivity index (χ0n) is 24.5. The van der Waals surface area contributed by atoms with Gasteiger partial charge < -0.3 is 25.9 Å². The molecule has 13 heteroatoms. The lowest BCUT2D eigenvalue weighted by Gasteiger charge is -2.36. The van der Waals surface area contributed by atoms with E-state index in [0.29, 0.717) is 50.1 Å². The van der Waals surface area contributed by atoms with Gasteiger partial charge in [-0.3, -0.25) is 19.3 Å². The Bertz CT molecular complexity index is 1980. The number of aryl methyl sites for hydroxylation is 2. The quantitative estimate of drug-likeness (QED) is 0.177. The zero-order chi connectivity index (χ0) is 32.0. The molecule has 228 valence electrons. The SMILES string of the molecule is Cc1noc(C)c1-c1ccc2c(c1)C(c1ccc(Cl)cc1)N(C(=O)CC(=O)N[C@@H](C)c1nc3c(C(N)=O)cccc3[nH]1)C(=O)N2. The van der Waals surface area contributed by atoms with Crippen molar-refractivity contribution in [3.05, 3.63) is 99.7 Å². The molecule has 3 heterocycles. The third kappa shape index (κ3) is 5.51. The molecule has 5 aromatic rings. The summed E-state index contributed by atoms with van der Waals surface area (Å²) in [7, 11) is 0. The van der Waals surface area contributed by atoms with Crippen LogP contribution in [0.15, 0.2) is 65.2 Å². The number of hydrogen-bond donors (Lipinski definition) is 4. The molecule has 0 aliphatic carbocycles. The number of fused-ring (bicyclic) bond motifs is 2. The summed E-state index contributed by atoms with van der Waals surface area (Å²) in [6.07, 6.45) is -0.618. The van der Waals surface area contributed by atoms with Crippen LogP contribution in [0.25, 0.3) is 22.2 Å². The summed E-state index contributed by atoms with van der Waals surface area (Å²) < 4.78 is 5.36. The Morgan fingerprint density at radius 3 is 2.56 bits per heavy atom. The van der Waals surface area contributed by atoms with Crippen molar-refractivity contribution in [2.45, 2.75) is 39.3 Å². The second-order valence-corrected chi connectivity index (χ2v) is 11.2. The molecule has 5 N–H and O–H groups in total. The average molecular weight is 626 g/mol. The van der Waals surface area contributed by atoms with Crippen molar-refractivity contribution in [1.82, 2.24) is 25.3 Å². The number of nitrogens with one attached hydrogen (secondary N) is 3. The van der Waals surface area contributed by atoms with Gasteiger partial charge in [0, 0.05) is 21.8 Å². The van der Waals surface area contributed by atoms with Crippen LogP contribution in [0.3, 0.4) is 0 Å². The summed E-state index contributed by atoms with van der Waals surface area (Å²) in [4.78, 5) is 60.7. The predicted molar refractivity (Wildman–Crippen MR) is 166 cm³/mol. The molecule has 3 aromatic carbocycles. The molecule has 0 saturated carbocycles. The largest absolute Gasteiger partial charge is 0.366 e. The molecule has 5 amide bonds. The maximum Gasteiger partial charge on any atom is 0.329 e. The fraction of sp³-hybridized carbons (Fsp3) is 0.188. The first-order chi connectivity index (χ1) is 21.5. The number of amides is 5. The van der Waals surface area contributed by atoms with E-state index in [2.05, 4.69) is 25.8 Å². The van der Waals surface area contributed by atoms with Crippen LogP contribution in [-0.4, -0.2) is 43.8 Å². The Morgan fingerprint density at radius 2 is 1.87 bits per heavy atom. The Balaban J connectivity index is 1.29. The molecule has 1 aliphatic rings. The Labute approximate surface area is 261 Å². The van der Waals surface area contributed by atoms with Crippen LogP contribution in [0, 0.1) is 13.8 Å². The lowest BCUT2D eigenvalue weighted by atomic mass is 9.90. The zero-order valence-corrected chi connectivity index (χ0v) is 25.2. The normalized spacial score (nSPS) is 15.0. The van der Waals surface area contributed by atoms with E-state index in [9.17, 15) is 19.2 Å². The summed E-state index contributed by atoms with van der Waals surface area (Å²) in [5.41, 5.74) is 10.8.